The van der Waals surface area contributed by atoms with E-state index in [9.17, 15) is 0 Å². The van der Waals surface area contributed by atoms with Crippen molar-refractivity contribution < 1.29 is 4.74 Å². The molecule has 1 atom stereocenters. The summed E-state index contributed by atoms with van der Waals surface area (Å²) in [6.07, 6.45) is 6.89. The molecule has 2 nitrogen and oxygen atoms in total. The molecule has 1 aromatic rings. The van der Waals surface area contributed by atoms with E-state index < -0.39 is 0 Å². The van der Waals surface area contributed by atoms with E-state index in [2.05, 4.69) is 38.2 Å². The zero-order valence-electron chi connectivity index (χ0n) is 12.7. The van der Waals surface area contributed by atoms with Crippen LogP contribution in [0, 0.1) is 6.92 Å². The Labute approximate surface area is 118 Å². The largest absolute Gasteiger partial charge is 0.489 e. The highest BCUT2D eigenvalue weighted by Crippen LogP contribution is 2.12. The molecule has 0 aliphatic carbocycles. The maximum Gasteiger partial charge on any atom is 0.119 e. The number of rotatable bonds is 10. The van der Waals surface area contributed by atoms with Crippen molar-refractivity contribution in [3.63, 3.8) is 0 Å². The van der Waals surface area contributed by atoms with Crippen molar-refractivity contribution in [3.05, 3.63) is 29.8 Å². The van der Waals surface area contributed by atoms with Gasteiger partial charge >= 0.3 is 0 Å². The lowest BCUT2D eigenvalue weighted by molar-refractivity contribution is 0.217. The number of nitrogens with one attached hydrogen (secondary N) is 1. The Morgan fingerprint density at radius 2 is 1.74 bits per heavy atom. The van der Waals surface area contributed by atoms with Gasteiger partial charge in [-0.05, 0) is 38.9 Å². The summed E-state index contributed by atoms with van der Waals surface area (Å²) < 4.78 is 5.85. The fourth-order valence-electron chi connectivity index (χ4n) is 2.05. The van der Waals surface area contributed by atoms with Crippen LogP contribution in [0.1, 0.15) is 51.5 Å². The first-order chi connectivity index (χ1) is 9.22. The van der Waals surface area contributed by atoms with E-state index in [1.165, 1.54) is 37.7 Å². The molecule has 108 valence electrons. The van der Waals surface area contributed by atoms with Crippen molar-refractivity contribution in [2.45, 2.75) is 59.0 Å². The lowest BCUT2D eigenvalue weighted by Crippen LogP contribution is -2.29. The highest BCUT2D eigenvalue weighted by Gasteiger charge is 2.02. The molecule has 0 heterocycles. The van der Waals surface area contributed by atoms with Gasteiger partial charge in [0.1, 0.15) is 11.9 Å². The van der Waals surface area contributed by atoms with Gasteiger partial charge in [0.15, 0.2) is 0 Å². The first-order valence-corrected chi connectivity index (χ1v) is 7.66. The number of hydrogen-bond acceptors (Lipinski definition) is 2. The van der Waals surface area contributed by atoms with Crippen LogP contribution in [-0.2, 0) is 0 Å². The van der Waals surface area contributed by atoms with Gasteiger partial charge in [-0.1, -0.05) is 50.3 Å². The monoisotopic (exact) mass is 263 g/mol. The van der Waals surface area contributed by atoms with Crippen LogP contribution in [-0.4, -0.2) is 19.2 Å². The molecule has 0 spiro atoms. The predicted octanol–water partition coefficient (Wildman–Crippen LogP) is 4.32. The van der Waals surface area contributed by atoms with Gasteiger partial charge in [0.25, 0.3) is 0 Å². The lowest BCUT2D eigenvalue weighted by atomic mass is 10.1. The molecule has 0 aromatic heterocycles. The molecule has 1 unspecified atom stereocenters. The number of hydrogen-bond donors (Lipinski definition) is 1. The van der Waals surface area contributed by atoms with Crippen LogP contribution in [0.4, 0.5) is 0 Å². The highest BCUT2D eigenvalue weighted by atomic mass is 16.5. The number of benzene rings is 1. The van der Waals surface area contributed by atoms with Gasteiger partial charge in [-0.3, -0.25) is 0 Å². The number of aryl methyl sites for hydroxylation is 1. The lowest BCUT2D eigenvalue weighted by Gasteiger charge is -2.15. The van der Waals surface area contributed by atoms with E-state index in [4.69, 9.17) is 4.74 Å². The van der Waals surface area contributed by atoms with Gasteiger partial charge in [0, 0.05) is 6.54 Å². The zero-order valence-corrected chi connectivity index (χ0v) is 12.7. The standard InChI is InChI=1S/C17H29NO/c1-4-5-6-7-8-13-18-14-16(3)19-17-11-9-15(2)10-12-17/h9-12,16,18H,4-8,13-14H2,1-3H3. The minimum atomic E-state index is 0.221. The van der Waals surface area contributed by atoms with Crippen LogP contribution in [0.3, 0.4) is 0 Å². The predicted molar refractivity (Wildman–Crippen MR) is 82.9 cm³/mol. The van der Waals surface area contributed by atoms with Crippen molar-refractivity contribution in [3.8, 4) is 5.75 Å². The molecule has 0 aliphatic heterocycles. The third-order valence-electron chi connectivity index (χ3n) is 3.25. The molecular weight excluding hydrogens is 234 g/mol. The van der Waals surface area contributed by atoms with Crippen LogP contribution < -0.4 is 10.1 Å². The van der Waals surface area contributed by atoms with Crippen molar-refractivity contribution in [2.75, 3.05) is 13.1 Å². The Morgan fingerprint density at radius 1 is 1.05 bits per heavy atom. The van der Waals surface area contributed by atoms with E-state index in [-0.39, 0.29) is 6.10 Å². The first-order valence-electron chi connectivity index (χ1n) is 7.66. The molecule has 1 rings (SSSR count). The minimum Gasteiger partial charge on any atom is -0.489 e. The third kappa shape index (κ3) is 7.89. The Balaban J connectivity index is 2.04. The molecule has 2 heteroatoms. The van der Waals surface area contributed by atoms with Gasteiger partial charge in [0.2, 0.25) is 0 Å². The maximum absolute atomic E-state index is 5.85. The molecule has 1 aromatic carbocycles. The van der Waals surface area contributed by atoms with Crippen LogP contribution in [0.2, 0.25) is 0 Å². The van der Waals surface area contributed by atoms with Crippen molar-refractivity contribution in [2.24, 2.45) is 0 Å². The number of unbranched alkanes of at least 4 members (excludes halogenated alkanes) is 4. The van der Waals surface area contributed by atoms with Crippen molar-refractivity contribution in [1.82, 2.24) is 5.32 Å². The molecule has 0 saturated carbocycles. The summed E-state index contributed by atoms with van der Waals surface area (Å²) in [6.45, 7) is 8.48. The van der Waals surface area contributed by atoms with Gasteiger partial charge < -0.3 is 10.1 Å². The summed E-state index contributed by atoms with van der Waals surface area (Å²) in [4.78, 5) is 0. The molecule has 0 saturated heterocycles. The van der Waals surface area contributed by atoms with Gasteiger partial charge in [-0.15, -0.1) is 0 Å². The van der Waals surface area contributed by atoms with E-state index in [1.54, 1.807) is 0 Å². The second kappa shape index (κ2) is 9.85. The fourth-order valence-corrected chi connectivity index (χ4v) is 2.05. The van der Waals surface area contributed by atoms with Crippen molar-refractivity contribution >= 4 is 0 Å². The van der Waals surface area contributed by atoms with Gasteiger partial charge in [-0.2, -0.15) is 0 Å². The summed E-state index contributed by atoms with van der Waals surface area (Å²) >= 11 is 0. The van der Waals surface area contributed by atoms with Crippen LogP contribution in [0.25, 0.3) is 0 Å². The first kappa shape index (κ1) is 16.0. The SMILES string of the molecule is CCCCCCCNCC(C)Oc1ccc(C)cc1. The second-order valence-corrected chi connectivity index (χ2v) is 5.36. The van der Waals surface area contributed by atoms with E-state index in [0.29, 0.717) is 0 Å². The second-order valence-electron chi connectivity index (χ2n) is 5.36. The summed E-state index contributed by atoms with van der Waals surface area (Å²) in [7, 11) is 0. The Hall–Kier alpha value is -1.02. The third-order valence-corrected chi connectivity index (χ3v) is 3.25. The zero-order chi connectivity index (χ0) is 13.9. The average Bonchev–Trinajstić information content (AvgIpc) is 2.40. The Bertz CT molecular complexity index is 321. The Morgan fingerprint density at radius 3 is 2.42 bits per heavy atom. The van der Waals surface area contributed by atoms with Crippen LogP contribution in [0.15, 0.2) is 24.3 Å². The van der Waals surface area contributed by atoms with E-state index in [0.717, 1.165) is 18.8 Å². The van der Waals surface area contributed by atoms with Crippen LogP contribution >= 0.6 is 0 Å². The fraction of sp³-hybridized carbons (Fsp3) is 0.647. The summed E-state index contributed by atoms with van der Waals surface area (Å²) in [5.41, 5.74) is 1.27. The quantitative estimate of drug-likeness (QED) is 0.635. The van der Waals surface area contributed by atoms with E-state index in [1.807, 2.05) is 12.1 Å². The molecule has 0 aliphatic rings. The number of ether oxygens (including phenoxy) is 1. The Kier molecular flexibility index (Phi) is 8.31. The maximum atomic E-state index is 5.85. The summed E-state index contributed by atoms with van der Waals surface area (Å²) in [5.74, 6) is 0.961. The summed E-state index contributed by atoms with van der Waals surface area (Å²) in [5, 5.41) is 3.47. The van der Waals surface area contributed by atoms with Gasteiger partial charge in [-0.25, -0.2) is 0 Å². The molecule has 1 N–H and O–H groups in total. The smallest absolute Gasteiger partial charge is 0.119 e. The topological polar surface area (TPSA) is 21.3 Å². The van der Waals surface area contributed by atoms with Crippen molar-refractivity contribution in [1.29, 1.82) is 0 Å². The molecule has 0 bridgehead atoms. The highest BCUT2D eigenvalue weighted by molar-refractivity contribution is 5.26. The molecule has 19 heavy (non-hydrogen) atoms. The molecular formula is C17H29NO. The van der Waals surface area contributed by atoms with Gasteiger partial charge in [0.05, 0.1) is 0 Å². The molecule has 0 fully saturated rings. The minimum absolute atomic E-state index is 0.221. The molecule has 0 radical (unpaired) electrons. The average molecular weight is 263 g/mol. The van der Waals surface area contributed by atoms with E-state index >= 15 is 0 Å². The molecule has 0 amide bonds. The summed E-state index contributed by atoms with van der Waals surface area (Å²) in [6, 6.07) is 8.25. The normalized spacial score (nSPS) is 12.4. The van der Waals surface area contributed by atoms with Crippen LogP contribution in [0.5, 0.6) is 5.75 Å².